The van der Waals surface area contributed by atoms with Crippen LogP contribution >= 0.6 is 0 Å². The molecular formula is C30H40FN3O3. The van der Waals surface area contributed by atoms with Gasteiger partial charge in [0.15, 0.2) is 5.78 Å². The van der Waals surface area contributed by atoms with Crippen molar-refractivity contribution in [1.82, 2.24) is 10.2 Å². The summed E-state index contributed by atoms with van der Waals surface area (Å²) in [5.74, 6) is 0.233. The van der Waals surface area contributed by atoms with E-state index in [0.717, 1.165) is 45.1 Å². The lowest BCUT2D eigenvalue weighted by atomic mass is 9.75. The predicted octanol–water partition coefficient (Wildman–Crippen LogP) is 5.73. The Morgan fingerprint density at radius 1 is 1.08 bits per heavy atom. The van der Waals surface area contributed by atoms with E-state index in [4.69, 9.17) is 0 Å². The lowest BCUT2D eigenvalue weighted by Crippen LogP contribution is -2.58. The Morgan fingerprint density at radius 3 is 2.49 bits per heavy atom. The molecule has 6 nitrogen and oxygen atoms in total. The Bertz CT molecular complexity index is 1070. The molecule has 1 saturated heterocycles. The van der Waals surface area contributed by atoms with Gasteiger partial charge in [0.2, 0.25) is 0 Å². The van der Waals surface area contributed by atoms with E-state index >= 15 is 0 Å². The van der Waals surface area contributed by atoms with Crippen LogP contribution in [0.1, 0.15) is 80.6 Å². The molecule has 2 amide bonds. The monoisotopic (exact) mass is 509 g/mol. The lowest BCUT2D eigenvalue weighted by molar-refractivity contribution is -0.0662. The van der Waals surface area contributed by atoms with Gasteiger partial charge in [-0.2, -0.15) is 0 Å². The average Bonchev–Trinajstić information content (AvgIpc) is 2.90. The number of urea groups is 1. The molecule has 2 aromatic carbocycles. The van der Waals surface area contributed by atoms with E-state index in [1.807, 2.05) is 12.1 Å². The van der Waals surface area contributed by atoms with Crippen LogP contribution in [0.5, 0.6) is 0 Å². The molecule has 2 aromatic rings. The van der Waals surface area contributed by atoms with Gasteiger partial charge < -0.3 is 15.7 Å². The van der Waals surface area contributed by atoms with Crippen LogP contribution in [0.4, 0.5) is 14.9 Å². The van der Waals surface area contributed by atoms with Crippen LogP contribution in [0, 0.1) is 11.7 Å². The standard InChI is InChI=1S/C30H40FN3O3/c1-21-17-25(23-11-13-27(31)14-12-23)15-16-34(21)20-30(37,26-8-4-3-5-9-26)19-32-29(36)33-28-10-6-7-24(18-28)22(2)35/h6-7,10-14,18,21,25-26,37H,3-5,8-9,15-17,19-20H2,1-2H3,(H2,32,33,36)/t21?,25?,30-/m0/s1. The number of anilines is 1. The fourth-order valence-corrected chi connectivity index (χ4v) is 6.04. The fraction of sp³-hybridized carbons (Fsp3) is 0.533. The molecule has 2 unspecified atom stereocenters. The number of ketones is 1. The summed E-state index contributed by atoms with van der Waals surface area (Å²) in [6.07, 6.45) is 7.20. The molecule has 2 fully saturated rings. The van der Waals surface area contributed by atoms with Crippen molar-refractivity contribution in [2.75, 3.05) is 25.0 Å². The molecule has 1 saturated carbocycles. The first kappa shape index (κ1) is 27.3. The number of amides is 2. The number of hydrogen-bond donors (Lipinski definition) is 3. The highest BCUT2D eigenvalue weighted by molar-refractivity contribution is 5.96. The van der Waals surface area contributed by atoms with Crippen molar-refractivity contribution in [3.8, 4) is 0 Å². The van der Waals surface area contributed by atoms with Gasteiger partial charge in [-0.1, -0.05) is 43.5 Å². The zero-order valence-corrected chi connectivity index (χ0v) is 22.0. The number of benzene rings is 2. The van der Waals surface area contributed by atoms with Gasteiger partial charge in [0.25, 0.3) is 0 Å². The normalized spacial score (nSPS) is 22.7. The SMILES string of the molecule is CC(=O)c1cccc(NC(=O)NC[C@](O)(CN2CCC(c3ccc(F)cc3)CC2C)C2CCCCC2)c1. The predicted molar refractivity (Wildman–Crippen MR) is 144 cm³/mol. The van der Waals surface area contributed by atoms with Gasteiger partial charge in [-0.05, 0) is 87.7 Å². The van der Waals surface area contributed by atoms with Crippen LogP contribution in [0.2, 0.25) is 0 Å². The molecule has 4 rings (SSSR count). The number of piperidine rings is 1. The highest BCUT2D eigenvalue weighted by Gasteiger charge is 2.41. The summed E-state index contributed by atoms with van der Waals surface area (Å²) in [6.45, 7) is 5.21. The maximum absolute atomic E-state index is 13.4. The van der Waals surface area contributed by atoms with Crippen LogP contribution in [0.25, 0.3) is 0 Å². The number of nitrogens with zero attached hydrogens (tertiary/aromatic N) is 1. The van der Waals surface area contributed by atoms with Crippen molar-refractivity contribution >= 4 is 17.5 Å². The van der Waals surface area contributed by atoms with Crippen molar-refractivity contribution in [1.29, 1.82) is 0 Å². The number of carbonyl (C=O) groups is 2. The minimum absolute atomic E-state index is 0.0620. The average molecular weight is 510 g/mol. The molecule has 0 aromatic heterocycles. The Labute approximate surface area is 219 Å². The summed E-state index contributed by atoms with van der Waals surface area (Å²) in [5.41, 5.74) is 1.22. The Hall–Kier alpha value is -2.77. The van der Waals surface area contributed by atoms with Gasteiger partial charge in [-0.15, -0.1) is 0 Å². The number of rotatable bonds is 8. The second-order valence-corrected chi connectivity index (χ2v) is 11.0. The number of β-amino-alcohol motifs (C(OH)–C–C–N with tert-alkyl or cyclic N) is 1. The number of aliphatic hydroxyl groups is 1. The minimum Gasteiger partial charge on any atom is -0.386 e. The van der Waals surface area contributed by atoms with Crippen LogP contribution in [-0.4, -0.2) is 53.1 Å². The number of nitrogens with one attached hydrogen (secondary N) is 2. The molecule has 1 aliphatic carbocycles. The second kappa shape index (κ2) is 12.2. The molecule has 0 radical (unpaired) electrons. The van der Waals surface area contributed by atoms with Crippen LogP contribution in [-0.2, 0) is 0 Å². The highest BCUT2D eigenvalue weighted by atomic mass is 19.1. The topological polar surface area (TPSA) is 81.7 Å². The number of carbonyl (C=O) groups excluding carboxylic acids is 2. The van der Waals surface area contributed by atoms with Crippen molar-refractivity contribution in [3.05, 3.63) is 65.5 Å². The lowest BCUT2D eigenvalue weighted by Gasteiger charge is -2.46. The van der Waals surface area contributed by atoms with E-state index in [1.165, 1.54) is 31.0 Å². The van der Waals surface area contributed by atoms with Crippen molar-refractivity contribution in [3.63, 3.8) is 0 Å². The van der Waals surface area contributed by atoms with Crippen LogP contribution < -0.4 is 10.6 Å². The van der Waals surface area contributed by atoms with Crippen LogP contribution in [0.15, 0.2) is 48.5 Å². The maximum Gasteiger partial charge on any atom is 0.319 e. The van der Waals surface area contributed by atoms with Gasteiger partial charge in [-0.3, -0.25) is 9.69 Å². The minimum atomic E-state index is -1.03. The Morgan fingerprint density at radius 2 is 1.81 bits per heavy atom. The summed E-state index contributed by atoms with van der Waals surface area (Å²) in [5, 5.41) is 17.7. The summed E-state index contributed by atoms with van der Waals surface area (Å²) < 4.78 is 13.4. The van der Waals surface area contributed by atoms with Crippen molar-refractivity contribution in [2.24, 2.45) is 5.92 Å². The maximum atomic E-state index is 13.4. The molecule has 2 aliphatic rings. The molecular weight excluding hydrogens is 469 g/mol. The zero-order chi connectivity index (χ0) is 26.4. The summed E-state index contributed by atoms with van der Waals surface area (Å²) in [7, 11) is 0. The van der Waals surface area contributed by atoms with Crippen molar-refractivity contribution < 1.29 is 19.1 Å². The van der Waals surface area contributed by atoms with Gasteiger partial charge in [-0.25, -0.2) is 9.18 Å². The van der Waals surface area contributed by atoms with E-state index in [0.29, 0.717) is 23.7 Å². The quantitative estimate of drug-likeness (QED) is 0.397. The third-order valence-corrected chi connectivity index (χ3v) is 8.28. The molecule has 3 atom stereocenters. The molecule has 37 heavy (non-hydrogen) atoms. The van der Waals surface area contributed by atoms with Crippen LogP contribution in [0.3, 0.4) is 0 Å². The molecule has 7 heteroatoms. The third-order valence-electron chi connectivity index (χ3n) is 8.28. The van der Waals surface area contributed by atoms with Gasteiger partial charge >= 0.3 is 6.03 Å². The third kappa shape index (κ3) is 7.17. The Balaban J connectivity index is 1.39. The number of halogens is 1. The summed E-state index contributed by atoms with van der Waals surface area (Å²) >= 11 is 0. The Kier molecular flexibility index (Phi) is 8.98. The van der Waals surface area contributed by atoms with Gasteiger partial charge in [0, 0.05) is 30.4 Å². The van der Waals surface area contributed by atoms with E-state index in [-0.39, 0.29) is 30.1 Å². The molecule has 200 valence electrons. The first-order valence-corrected chi connectivity index (χ1v) is 13.6. The smallest absolute Gasteiger partial charge is 0.319 e. The zero-order valence-electron chi connectivity index (χ0n) is 22.0. The number of hydrogen-bond acceptors (Lipinski definition) is 4. The number of likely N-dealkylation sites (tertiary alicyclic amines) is 1. The van der Waals surface area contributed by atoms with Crippen molar-refractivity contribution in [2.45, 2.75) is 76.4 Å². The second-order valence-electron chi connectivity index (χ2n) is 11.0. The largest absolute Gasteiger partial charge is 0.386 e. The molecule has 0 spiro atoms. The molecule has 1 aliphatic heterocycles. The fourth-order valence-electron chi connectivity index (χ4n) is 6.04. The van der Waals surface area contributed by atoms with E-state index in [1.54, 1.807) is 24.3 Å². The summed E-state index contributed by atoms with van der Waals surface area (Å²) in [6, 6.07) is 13.6. The first-order valence-electron chi connectivity index (χ1n) is 13.6. The van der Waals surface area contributed by atoms with E-state index in [9.17, 15) is 19.1 Å². The molecule has 1 heterocycles. The number of Topliss-reactive ketones (excluding diaryl/α,β-unsaturated/α-hetero) is 1. The first-order chi connectivity index (χ1) is 17.7. The highest BCUT2D eigenvalue weighted by Crippen LogP contribution is 2.37. The van der Waals surface area contributed by atoms with E-state index in [2.05, 4.69) is 22.5 Å². The molecule has 0 bridgehead atoms. The van der Waals surface area contributed by atoms with Gasteiger partial charge in [0.1, 0.15) is 5.82 Å². The van der Waals surface area contributed by atoms with Gasteiger partial charge in [0.05, 0.1) is 5.60 Å². The molecule has 3 N–H and O–H groups in total. The summed E-state index contributed by atoms with van der Waals surface area (Å²) in [4.78, 5) is 26.8. The van der Waals surface area contributed by atoms with E-state index < -0.39 is 11.6 Å².